The maximum absolute atomic E-state index is 13.6. The average Bonchev–Trinajstić information content (AvgIpc) is 2.75. The maximum Gasteiger partial charge on any atom is 0.256 e. The van der Waals surface area contributed by atoms with Crippen molar-refractivity contribution in [2.45, 2.75) is 23.8 Å². The van der Waals surface area contributed by atoms with E-state index in [4.69, 9.17) is 0 Å². The summed E-state index contributed by atoms with van der Waals surface area (Å²) >= 11 is 0. The van der Waals surface area contributed by atoms with Gasteiger partial charge in [-0.1, -0.05) is 12.1 Å². The number of carbonyl (C=O) groups excluding carboxylic acids is 1. The number of hydrogen-bond donors (Lipinski definition) is 1. The number of sulfonamides is 1. The largest absolute Gasteiger partial charge is 0.321 e. The molecule has 0 radical (unpaired) electrons. The molecule has 0 saturated carbocycles. The van der Waals surface area contributed by atoms with Crippen LogP contribution < -0.4 is 5.32 Å². The monoisotopic (exact) mass is 371 g/mol. The lowest BCUT2D eigenvalue weighted by Gasteiger charge is -2.35. The molecule has 3 saturated heterocycles. The van der Waals surface area contributed by atoms with E-state index in [1.807, 2.05) is 0 Å². The SMILES string of the molecule is CN1CC2CCC(C1)N(S(=O)(=O)c1ccc3c4c(cccc14)C(=O)N3)C2. The van der Waals surface area contributed by atoms with Crippen LogP contribution in [0.1, 0.15) is 23.2 Å². The van der Waals surface area contributed by atoms with Gasteiger partial charge in [0.15, 0.2) is 0 Å². The Balaban J connectivity index is 1.66. The van der Waals surface area contributed by atoms with Crippen LogP contribution in [0.15, 0.2) is 35.2 Å². The third kappa shape index (κ3) is 2.24. The van der Waals surface area contributed by atoms with Gasteiger partial charge in [-0.25, -0.2) is 8.42 Å². The summed E-state index contributed by atoms with van der Waals surface area (Å²) in [6.45, 7) is 2.30. The fourth-order valence-corrected chi connectivity index (χ4v) is 6.69. The van der Waals surface area contributed by atoms with Gasteiger partial charge in [0, 0.05) is 47.7 Å². The molecule has 2 unspecified atom stereocenters. The van der Waals surface area contributed by atoms with Crippen molar-refractivity contribution in [3.8, 4) is 0 Å². The zero-order valence-electron chi connectivity index (χ0n) is 14.6. The number of piperidine rings is 1. The first-order valence-electron chi connectivity index (χ1n) is 9.02. The molecule has 4 heterocycles. The summed E-state index contributed by atoms with van der Waals surface area (Å²) in [6.07, 6.45) is 2.00. The molecule has 0 spiro atoms. The molecular weight excluding hydrogens is 350 g/mol. The summed E-state index contributed by atoms with van der Waals surface area (Å²) in [5.74, 6) is 0.212. The van der Waals surface area contributed by atoms with Crippen LogP contribution >= 0.6 is 0 Å². The van der Waals surface area contributed by atoms with Gasteiger partial charge in [-0.05, 0) is 44.0 Å². The van der Waals surface area contributed by atoms with Gasteiger partial charge in [0.2, 0.25) is 10.0 Å². The molecule has 0 aromatic heterocycles. The van der Waals surface area contributed by atoms with Gasteiger partial charge in [0.1, 0.15) is 0 Å². The first-order chi connectivity index (χ1) is 12.4. The Morgan fingerprint density at radius 3 is 2.77 bits per heavy atom. The van der Waals surface area contributed by atoms with Crippen molar-refractivity contribution < 1.29 is 13.2 Å². The van der Waals surface area contributed by atoms with Gasteiger partial charge in [0.05, 0.1) is 4.90 Å². The van der Waals surface area contributed by atoms with Crippen molar-refractivity contribution in [3.05, 3.63) is 35.9 Å². The number of nitrogens with one attached hydrogen (secondary N) is 1. The van der Waals surface area contributed by atoms with Crippen LogP contribution in [-0.4, -0.2) is 56.3 Å². The number of amides is 1. The number of benzene rings is 2. The Kier molecular flexibility index (Phi) is 3.44. The Morgan fingerprint density at radius 2 is 1.92 bits per heavy atom. The lowest BCUT2D eigenvalue weighted by atomic mass is 9.97. The lowest BCUT2D eigenvalue weighted by Crippen LogP contribution is -2.47. The first kappa shape index (κ1) is 16.2. The van der Waals surface area contributed by atoms with Gasteiger partial charge in [0.25, 0.3) is 5.91 Å². The van der Waals surface area contributed by atoms with E-state index in [2.05, 4.69) is 17.3 Å². The quantitative estimate of drug-likeness (QED) is 0.878. The molecule has 0 aliphatic carbocycles. The van der Waals surface area contributed by atoms with Gasteiger partial charge in [-0.3, -0.25) is 4.79 Å². The summed E-state index contributed by atoms with van der Waals surface area (Å²) in [4.78, 5) is 14.7. The van der Waals surface area contributed by atoms with Crippen molar-refractivity contribution >= 4 is 32.4 Å². The van der Waals surface area contributed by atoms with Crippen molar-refractivity contribution in [1.82, 2.24) is 9.21 Å². The normalized spacial score (nSPS) is 26.3. The number of nitrogens with zero attached hydrogens (tertiary/aromatic N) is 2. The number of fused-ring (bicyclic) bond motifs is 4. The highest BCUT2D eigenvalue weighted by Crippen LogP contribution is 2.39. The lowest BCUT2D eigenvalue weighted by molar-refractivity contribution is 0.103. The highest BCUT2D eigenvalue weighted by Gasteiger charge is 2.41. The molecule has 2 aromatic carbocycles. The van der Waals surface area contributed by atoms with Crippen LogP contribution in [0, 0.1) is 5.92 Å². The second-order valence-corrected chi connectivity index (χ2v) is 9.55. The zero-order chi connectivity index (χ0) is 18.1. The maximum atomic E-state index is 13.6. The molecule has 26 heavy (non-hydrogen) atoms. The summed E-state index contributed by atoms with van der Waals surface area (Å²) < 4.78 is 28.9. The van der Waals surface area contributed by atoms with Crippen molar-refractivity contribution in [2.75, 3.05) is 32.0 Å². The number of rotatable bonds is 2. The number of anilines is 1. The summed E-state index contributed by atoms with van der Waals surface area (Å²) in [7, 11) is -1.55. The Labute approximate surface area is 152 Å². The first-order valence-corrected chi connectivity index (χ1v) is 10.5. The van der Waals surface area contributed by atoms with Gasteiger partial charge < -0.3 is 10.2 Å². The van der Waals surface area contributed by atoms with Crippen LogP contribution in [0.4, 0.5) is 5.69 Å². The van der Waals surface area contributed by atoms with Crippen molar-refractivity contribution in [3.63, 3.8) is 0 Å². The van der Waals surface area contributed by atoms with Crippen LogP contribution in [0.2, 0.25) is 0 Å². The van der Waals surface area contributed by atoms with Crippen LogP contribution in [-0.2, 0) is 10.0 Å². The summed E-state index contributed by atoms with van der Waals surface area (Å²) in [5, 5.41) is 4.17. The second-order valence-electron chi connectivity index (χ2n) is 7.69. The number of hydrogen-bond acceptors (Lipinski definition) is 4. The molecule has 2 atom stereocenters. The average molecular weight is 371 g/mol. The minimum Gasteiger partial charge on any atom is -0.321 e. The molecule has 6 nitrogen and oxygen atoms in total. The van der Waals surface area contributed by atoms with E-state index >= 15 is 0 Å². The molecule has 4 aliphatic heterocycles. The summed E-state index contributed by atoms with van der Waals surface area (Å²) in [6, 6.07) is 8.68. The van der Waals surface area contributed by atoms with Gasteiger partial charge in [-0.15, -0.1) is 0 Å². The van der Waals surface area contributed by atoms with Crippen molar-refractivity contribution in [1.29, 1.82) is 0 Å². The third-order valence-electron chi connectivity index (χ3n) is 5.93. The van der Waals surface area contributed by atoms with E-state index < -0.39 is 10.0 Å². The second kappa shape index (κ2) is 5.52. The number of likely N-dealkylation sites (N-methyl/N-ethyl adjacent to an activating group) is 1. The van der Waals surface area contributed by atoms with E-state index in [-0.39, 0.29) is 11.9 Å². The minimum absolute atomic E-state index is 0.0199. The third-order valence-corrected chi connectivity index (χ3v) is 7.90. The zero-order valence-corrected chi connectivity index (χ0v) is 15.4. The van der Waals surface area contributed by atoms with Crippen LogP contribution in [0.25, 0.3) is 10.8 Å². The fraction of sp³-hybridized carbons (Fsp3) is 0.421. The predicted octanol–water partition coefficient (Wildman–Crippen LogP) is 2.12. The van der Waals surface area contributed by atoms with E-state index in [0.717, 1.165) is 31.3 Å². The Morgan fingerprint density at radius 1 is 1.08 bits per heavy atom. The Bertz CT molecular complexity index is 1030. The Hall–Kier alpha value is -1.96. The molecule has 4 aliphatic rings. The molecule has 1 N–H and O–H groups in total. The summed E-state index contributed by atoms with van der Waals surface area (Å²) in [5.41, 5.74) is 1.24. The molecule has 2 aromatic rings. The van der Waals surface area contributed by atoms with Gasteiger partial charge >= 0.3 is 0 Å². The molecule has 136 valence electrons. The predicted molar refractivity (Wildman–Crippen MR) is 99.8 cm³/mol. The number of carbonyl (C=O) groups is 1. The molecular formula is C19H21N3O3S. The standard InChI is InChI=1S/C19H21N3O3S/c1-21-9-12-5-6-13(11-21)22(10-12)26(24,25)17-8-7-16-18-14(17)3-2-4-15(18)19(23)20-16/h2-4,7-8,12-13H,5-6,9-11H2,1H3,(H,20,23). The minimum atomic E-state index is -3.62. The van der Waals surface area contributed by atoms with Gasteiger partial charge in [-0.2, -0.15) is 4.31 Å². The van der Waals surface area contributed by atoms with Crippen molar-refractivity contribution in [2.24, 2.45) is 5.92 Å². The fourth-order valence-electron chi connectivity index (χ4n) is 4.78. The van der Waals surface area contributed by atoms with E-state index in [1.54, 1.807) is 34.6 Å². The van der Waals surface area contributed by atoms with E-state index in [0.29, 0.717) is 34.0 Å². The van der Waals surface area contributed by atoms with Crippen LogP contribution in [0.3, 0.4) is 0 Å². The molecule has 3 fully saturated rings. The molecule has 1 amide bonds. The van der Waals surface area contributed by atoms with E-state index in [9.17, 15) is 13.2 Å². The van der Waals surface area contributed by atoms with Crippen LogP contribution in [0.5, 0.6) is 0 Å². The topological polar surface area (TPSA) is 69.7 Å². The molecule has 6 rings (SSSR count). The van der Waals surface area contributed by atoms with E-state index in [1.165, 1.54) is 0 Å². The molecule has 2 bridgehead atoms. The highest BCUT2D eigenvalue weighted by atomic mass is 32.2. The molecule has 7 heteroatoms. The highest BCUT2D eigenvalue weighted by molar-refractivity contribution is 7.89. The smallest absolute Gasteiger partial charge is 0.256 e.